The summed E-state index contributed by atoms with van der Waals surface area (Å²) in [6, 6.07) is 14.8. The molecule has 31 heavy (non-hydrogen) atoms. The van der Waals surface area contributed by atoms with E-state index in [4.69, 9.17) is 14.2 Å². The van der Waals surface area contributed by atoms with Crippen LogP contribution in [0.5, 0.6) is 17.2 Å². The van der Waals surface area contributed by atoms with Crippen molar-refractivity contribution in [3.63, 3.8) is 0 Å². The molecule has 0 atom stereocenters. The summed E-state index contributed by atoms with van der Waals surface area (Å²) in [5.74, 6) is 0.906. The van der Waals surface area contributed by atoms with E-state index in [-0.39, 0.29) is 5.91 Å². The van der Waals surface area contributed by atoms with Crippen molar-refractivity contribution in [3.8, 4) is 22.9 Å². The molecule has 1 amide bonds. The number of nitrogens with zero attached hydrogens (tertiary/aromatic N) is 3. The van der Waals surface area contributed by atoms with Gasteiger partial charge in [0.2, 0.25) is 5.75 Å². The van der Waals surface area contributed by atoms with Crippen LogP contribution in [0.2, 0.25) is 0 Å². The summed E-state index contributed by atoms with van der Waals surface area (Å²) < 4.78 is 17.8. The Labute approximate surface area is 179 Å². The van der Waals surface area contributed by atoms with Crippen LogP contribution in [0.15, 0.2) is 54.7 Å². The summed E-state index contributed by atoms with van der Waals surface area (Å²) in [4.78, 5) is 17.4. The van der Waals surface area contributed by atoms with E-state index in [1.807, 2.05) is 43.3 Å². The van der Waals surface area contributed by atoms with Crippen LogP contribution < -0.4 is 19.5 Å². The highest BCUT2D eigenvalue weighted by Crippen LogP contribution is 2.38. The Morgan fingerprint density at radius 2 is 1.65 bits per heavy atom. The van der Waals surface area contributed by atoms with E-state index in [0.717, 1.165) is 22.4 Å². The quantitative estimate of drug-likeness (QED) is 0.509. The summed E-state index contributed by atoms with van der Waals surface area (Å²) in [5, 5.41) is 8.33. The summed E-state index contributed by atoms with van der Waals surface area (Å²) in [6.07, 6.45) is 1.61. The Balaban J connectivity index is 1.66. The van der Waals surface area contributed by atoms with Gasteiger partial charge < -0.3 is 19.5 Å². The number of methoxy groups -OCH3 is 3. The molecule has 158 valence electrons. The van der Waals surface area contributed by atoms with Gasteiger partial charge in [0.05, 0.1) is 44.6 Å². The maximum absolute atomic E-state index is 12.9. The van der Waals surface area contributed by atoms with Gasteiger partial charge in [0.15, 0.2) is 17.1 Å². The van der Waals surface area contributed by atoms with Gasteiger partial charge in [-0.15, -0.1) is 0 Å². The molecular formula is C23H22N4O4. The monoisotopic (exact) mass is 418 g/mol. The maximum atomic E-state index is 12.9. The first-order valence-electron chi connectivity index (χ1n) is 9.58. The van der Waals surface area contributed by atoms with Crippen molar-refractivity contribution in [1.82, 2.24) is 14.8 Å². The van der Waals surface area contributed by atoms with E-state index >= 15 is 0 Å². The molecule has 4 aromatic rings. The van der Waals surface area contributed by atoms with Crippen LogP contribution in [0.3, 0.4) is 0 Å². The number of nitrogens with one attached hydrogen (secondary N) is 1. The highest BCUT2D eigenvalue weighted by Gasteiger charge is 2.18. The molecule has 0 saturated heterocycles. The molecule has 0 aliphatic heterocycles. The second-order valence-electron chi connectivity index (χ2n) is 6.80. The lowest BCUT2D eigenvalue weighted by Crippen LogP contribution is -2.13. The fourth-order valence-electron chi connectivity index (χ4n) is 3.38. The highest BCUT2D eigenvalue weighted by molar-refractivity contribution is 6.05. The van der Waals surface area contributed by atoms with E-state index < -0.39 is 0 Å². The van der Waals surface area contributed by atoms with Crippen LogP contribution in [0, 0.1) is 6.92 Å². The van der Waals surface area contributed by atoms with Gasteiger partial charge in [-0.2, -0.15) is 5.10 Å². The number of aromatic nitrogens is 3. The number of pyridine rings is 1. The van der Waals surface area contributed by atoms with Crippen LogP contribution in [0.25, 0.3) is 16.7 Å². The fourth-order valence-corrected chi connectivity index (χ4v) is 3.38. The minimum absolute atomic E-state index is 0.325. The predicted molar refractivity (Wildman–Crippen MR) is 118 cm³/mol. The number of carbonyl (C=O) groups excluding carboxylic acids is 1. The zero-order valence-electron chi connectivity index (χ0n) is 17.7. The van der Waals surface area contributed by atoms with Gasteiger partial charge in [0, 0.05) is 10.9 Å². The van der Waals surface area contributed by atoms with Gasteiger partial charge in [-0.3, -0.25) is 4.79 Å². The Hall–Kier alpha value is -4.07. The third kappa shape index (κ3) is 3.75. The molecule has 0 fully saturated rings. The van der Waals surface area contributed by atoms with Crippen LogP contribution in [0.4, 0.5) is 5.69 Å². The maximum Gasteiger partial charge on any atom is 0.255 e. The van der Waals surface area contributed by atoms with Crippen LogP contribution >= 0.6 is 0 Å². The summed E-state index contributed by atoms with van der Waals surface area (Å²) in [7, 11) is 4.52. The Morgan fingerprint density at radius 3 is 2.26 bits per heavy atom. The average Bonchev–Trinajstić information content (AvgIpc) is 3.14. The average molecular weight is 418 g/mol. The first-order valence-corrected chi connectivity index (χ1v) is 9.58. The number of aryl methyl sites for hydroxylation is 1. The lowest BCUT2D eigenvalue weighted by molar-refractivity contribution is 0.102. The number of ether oxygens (including phenoxy) is 3. The minimum atomic E-state index is -0.325. The van der Waals surface area contributed by atoms with Crippen LogP contribution in [-0.4, -0.2) is 42.0 Å². The van der Waals surface area contributed by atoms with E-state index in [0.29, 0.717) is 28.5 Å². The Morgan fingerprint density at radius 1 is 0.968 bits per heavy atom. The normalized spacial score (nSPS) is 10.7. The van der Waals surface area contributed by atoms with Gasteiger partial charge in [-0.25, -0.2) is 9.67 Å². The summed E-state index contributed by atoms with van der Waals surface area (Å²) in [6.45, 7) is 1.91. The second-order valence-corrected chi connectivity index (χ2v) is 6.80. The van der Waals surface area contributed by atoms with Crippen LogP contribution in [-0.2, 0) is 0 Å². The number of para-hydroxylation sites is 1. The minimum Gasteiger partial charge on any atom is -0.493 e. The van der Waals surface area contributed by atoms with Gasteiger partial charge >= 0.3 is 0 Å². The van der Waals surface area contributed by atoms with E-state index in [2.05, 4.69) is 15.4 Å². The molecule has 0 aliphatic carbocycles. The lowest BCUT2D eigenvalue weighted by Gasteiger charge is -2.14. The summed E-state index contributed by atoms with van der Waals surface area (Å²) >= 11 is 0. The number of carbonyl (C=O) groups is 1. The van der Waals surface area contributed by atoms with Gasteiger partial charge in [-0.05, 0) is 37.3 Å². The van der Waals surface area contributed by atoms with Gasteiger partial charge in [0.1, 0.15) is 0 Å². The molecule has 8 nitrogen and oxygen atoms in total. The zero-order chi connectivity index (χ0) is 22.0. The van der Waals surface area contributed by atoms with E-state index in [1.165, 1.54) is 21.3 Å². The van der Waals surface area contributed by atoms with E-state index in [1.54, 1.807) is 23.0 Å². The molecule has 8 heteroatoms. The van der Waals surface area contributed by atoms with Gasteiger partial charge in [0.25, 0.3) is 5.91 Å². The molecule has 1 N–H and O–H groups in total. The Kier molecular flexibility index (Phi) is 5.44. The molecular weight excluding hydrogens is 396 g/mol. The van der Waals surface area contributed by atoms with Gasteiger partial charge in [-0.1, -0.05) is 18.2 Å². The highest BCUT2D eigenvalue weighted by atomic mass is 16.5. The molecule has 0 saturated carbocycles. The Bertz CT molecular complexity index is 1230. The van der Waals surface area contributed by atoms with Crippen molar-refractivity contribution in [2.24, 2.45) is 0 Å². The van der Waals surface area contributed by atoms with Crippen molar-refractivity contribution < 1.29 is 19.0 Å². The first-order chi connectivity index (χ1) is 15.0. The van der Waals surface area contributed by atoms with Crippen molar-refractivity contribution in [2.45, 2.75) is 6.92 Å². The van der Waals surface area contributed by atoms with Crippen LogP contribution in [0.1, 0.15) is 16.1 Å². The number of hydrogen-bond donors (Lipinski definition) is 1. The molecule has 0 aliphatic rings. The second kappa shape index (κ2) is 8.35. The SMILES string of the molecule is COc1cc(C(=O)Nc2cnc3c(c2)c(C)nn3-c2ccccc2)cc(OC)c1OC. The molecule has 2 aromatic heterocycles. The molecule has 4 rings (SSSR count). The molecule has 0 spiro atoms. The van der Waals surface area contributed by atoms with E-state index in [9.17, 15) is 4.79 Å². The fraction of sp³-hybridized carbons (Fsp3) is 0.174. The number of anilines is 1. The van der Waals surface area contributed by atoms with Crippen molar-refractivity contribution >= 4 is 22.6 Å². The molecule has 0 radical (unpaired) electrons. The molecule has 0 bridgehead atoms. The number of rotatable bonds is 6. The smallest absolute Gasteiger partial charge is 0.255 e. The third-order valence-electron chi connectivity index (χ3n) is 4.89. The van der Waals surface area contributed by atoms with Crippen molar-refractivity contribution in [1.29, 1.82) is 0 Å². The molecule has 2 aromatic carbocycles. The number of amides is 1. The zero-order valence-corrected chi connectivity index (χ0v) is 17.7. The van der Waals surface area contributed by atoms with Crippen molar-refractivity contribution in [2.75, 3.05) is 26.6 Å². The van der Waals surface area contributed by atoms with Crippen molar-refractivity contribution in [3.05, 3.63) is 66.0 Å². The largest absolute Gasteiger partial charge is 0.493 e. The topological polar surface area (TPSA) is 87.5 Å². The number of benzene rings is 2. The molecule has 0 unspecified atom stereocenters. The summed E-state index contributed by atoms with van der Waals surface area (Å²) in [5.41, 5.74) is 3.38. The number of hydrogen-bond acceptors (Lipinski definition) is 6. The standard InChI is InChI=1S/C23H22N4O4/c1-14-18-12-16(13-24-22(18)27(26-14)17-8-6-5-7-9-17)25-23(28)15-10-19(29-2)21(31-4)20(11-15)30-3/h5-13H,1-4H3,(H,25,28). The lowest BCUT2D eigenvalue weighted by atomic mass is 10.1. The predicted octanol–water partition coefficient (Wildman–Crippen LogP) is 4.01. The first kappa shape index (κ1) is 20.2. The molecule has 2 heterocycles. The third-order valence-corrected chi connectivity index (χ3v) is 4.89. The number of fused-ring (bicyclic) bond motifs is 1.